The minimum absolute atomic E-state index is 0.274. The van der Waals surface area contributed by atoms with Gasteiger partial charge in [-0.1, -0.05) is 29.8 Å². The lowest BCUT2D eigenvalue weighted by atomic mass is 10.2. The number of halogens is 1. The molecule has 0 fully saturated rings. The summed E-state index contributed by atoms with van der Waals surface area (Å²) in [7, 11) is 2.94. The van der Waals surface area contributed by atoms with Crippen LogP contribution in [0.15, 0.2) is 65.8 Å². The van der Waals surface area contributed by atoms with Crippen LogP contribution in [0.25, 0.3) is 0 Å². The van der Waals surface area contributed by atoms with Gasteiger partial charge in [0.1, 0.15) is 18.1 Å². The minimum atomic E-state index is -0.958. The summed E-state index contributed by atoms with van der Waals surface area (Å²) in [5, 5.41) is 6.95. The Hall–Kier alpha value is -4.24. The largest absolute Gasteiger partial charge is 0.497 e. The SMILES string of the molecule is CCOc1cc(/C=N/NC(=O)C(=O)Nc2cc(OC)ccc2OC)ccc1OCc1ccccc1Cl. The maximum atomic E-state index is 12.3. The summed E-state index contributed by atoms with van der Waals surface area (Å²) in [5.41, 5.74) is 3.95. The first-order chi connectivity index (χ1) is 17.4. The Morgan fingerprint density at radius 2 is 1.69 bits per heavy atom. The van der Waals surface area contributed by atoms with E-state index in [2.05, 4.69) is 15.8 Å². The number of hydrogen-bond acceptors (Lipinski definition) is 7. The normalized spacial score (nSPS) is 10.6. The number of nitrogens with zero attached hydrogens (tertiary/aromatic N) is 1. The Balaban J connectivity index is 1.62. The number of ether oxygens (including phenoxy) is 4. The summed E-state index contributed by atoms with van der Waals surface area (Å²) in [6.07, 6.45) is 1.39. The molecule has 2 amide bonds. The second kappa shape index (κ2) is 13.0. The van der Waals surface area contributed by atoms with Gasteiger partial charge in [0.2, 0.25) is 0 Å². The third-order valence-corrected chi connectivity index (χ3v) is 5.22. The number of hydrazone groups is 1. The smallest absolute Gasteiger partial charge is 0.329 e. The number of rotatable bonds is 10. The molecule has 0 unspecified atom stereocenters. The average molecular weight is 512 g/mol. The van der Waals surface area contributed by atoms with Crippen LogP contribution in [0.2, 0.25) is 5.02 Å². The van der Waals surface area contributed by atoms with Crippen molar-refractivity contribution in [2.75, 3.05) is 26.1 Å². The van der Waals surface area contributed by atoms with E-state index >= 15 is 0 Å². The number of carbonyl (C=O) groups is 2. The lowest BCUT2D eigenvalue weighted by molar-refractivity contribution is -0.136. The van der Waals surface area contributed by atoms with Crippen LogP contribution in [-0.2, 0) is 16.2 Å². The van der Waals surface area contributed by atoms with E-state index < -0.39 is 11.8 Å². The summed E-state index contributed by atoms with van der Waals surface area (Å²) in [6.45, 7) is 2.55. The molecule has 3 aromatic rings. The predicted octanol–water partition coefficient (Wildman–Crippen LogP) is 4.42. The van der Waals surface area contributed by atoms with Gasteiger partial charge in [-0.05, 0) is 48.9 Å². The summed E-state index contributed by atoms with van der Waals surface area (Å²) in [4.78, 5) is 24.5. The van der Waals surface area contributed by atoms with Gasteiger partial charge in [-0.2, -0.15) is 5.10 Å². The first-order valence-corrected chi connectivity index (χ1v) is 11.3. The van der Waals surface area contributed by atoms with Gasteiger partial charge < -0.3 is 24.3 Å². The highest BCUT2D eigenvalue weighted by atomic mass is 35.5. The van der Waals surface area contributed by atoms with E-state index in [4.69, 9.17) is 30.5 Å². The van der Waals surface area contributed by atoms with Crippen molar-refractivity contribution in [2.24, 2.45) is 5.10 Å². The van der Waals surface area contributed by atoms with Crippen LogP contribution >= 0.6 is 11.6 Å². The second-order valence-electron chi connectivity index (χ2n) is 7.24. The van der Waals surface area contributed by atoms with Crippen LogP contribution in [0.3, 0.4) is 0 Å². The summed E-state index contributed by atoms with van der Waals surface area (Å²) in [5.74, 6) is 0.0276. The molecule has 0 aliphatic heterocycles. The van der Waals surface area contributed by atoms with Gasteiger partial charge in [0.15, 0.2) is 11.5 Å². The third kappa shape index (κ3) is 7.13. The zero-order valence-electron chi connectivity index (χ0n) is 20.0. The number of anilines is 1. The van der Waals surface area contributed by atoms with Crippen molar-refractivity contribution in [1.29, 1.82) is 0 Å². The van der Waals surface area contributed by atoms with Crippen LogP contribution in [0.1, 0.15) is 18.1 Å². The Morgan fingerprint density at radius 1 is 0.917 bits per heavy atom. The van der Waals surface area contributed by atoms with Crippen LogP contribution in [0.4, 0.5) is 5.69 Å². The van der Waals surface area contributed by atoms with Gasteiger partial charge in [-0.3, -0.25) is 9.59 Å². The Labute approximate surface area is 214 Å². The predicted molar refractivity (Wildman–Crippen MR) is 137 cm³/mol. The van der Waals surface area contributed by atoms with Crippen molar-refractivity contribution in [3.8, 4) is 23.0 Å². The van der Waals surface area contributed by atoms with Gasteiger partial charge in [-0.15, -0.1) is 0 Å². The molecule has 0 saturated heterocycles. The van der Waals surface area contributed by atoms with E-state index in [1.807, 2.05) is 25.1 Å². The number of amides is 2. The molecule has 3 rings (SSSR count). The quantitative estimate of drug-likeness (QED) is 0.237. The number of methoxy groups -OCH3 is 2. The van der Waals surface area contributed by atoms with Crippen LogP contribution in [-0.4, -0.2) is 38.9 Å². The van der Waals surface area contributed by atoms with Crippen LogP contribution in [0, 0.1) is 0 Å². The molecule has 36 heavy (non-hydrogen) atoms. The number of benzene rings is 3. The second-order valence-corrected chi connectivity index (χ2v) is 7.65. The third-order valence-electron chi connectivity index (χ3n) is 4.85. The molecular weight excluding hydrogens is 486 g/mol. The highest BCUT2D eigenvalue weighted by molar-refractivity contribution is 6.39. The molecule has 0 aromatic heterocycles. The topological polar surface area (TPSA) is 107 Å². The highest BCUT2D eigenvalue weighted by Crippen LogP contribution is 2.30. The van der Waals surface area contributed by atoms with Crippen LogP contribution in [0.5, 0.6) is 23.0 Å². The van der Waals surface area contributed by atoms with Crippen molar-refractivity contribution < 1.29 is 28.5 Å². The summed E-state index contributed by atoms with van der Waals surface area (Å²) >= 11 is 6.19. The molecule has 3 aromatic carbocycles. The van der Waals surface area contributed by atoms with Gasteiger partial charge in [0.05, 0.1) is 32.7 Å². The van der Waals surface area contributed by atoms with Gasteiger partial charge in [0.25, 0.3) is 0 Å². The molecule has 0 spiro atoms. The molecule has 10 heteroatoms. The van der Waals surface area contributed by atoms with Gasteiger partial charge in [0, 0.05) is 16.7 Å². The molecule has 0 aliphatic carbocycles. The van der Waals surface area contributed by atoms with Crippen molar-refractivity contribution in [1.82, 2.24) is 5.43 Å². The van der Waals surface area contributed by atoms with E-state index in [1.165, 1.54) is 26.5 Å². The first-order valence-electron chi connectivity index (χ1n) is 10.9. The lowest BCUT2D eigenvalue weighted by Crippen LogP contribution is -2.32. The molecule has 0 saturated carbocycles. The van der Waals surface area contributed by atoms with E-state index in [0.717, 1.165) is 5.56 Å². The monoisotopic (exact) mass is 511 g/mol. The highest BCUT2D eigenvalue weighted by Gasteiger charge is 2.16. The maximum absolute atomic E-state index is 12.3. The molecule has 2 N–H and O–H groups in total. The molecule has 0 radical (unpaired) electrons. The molecule has 0 bridgehead atoms. The zero-order chi connectivity index (χ0) is 25.9. The Bertz CT molecular complexity index is 1250. The van der Waals surface area contributed by atoms with E-state index in [1.54, 1.807) is 36.4 Å². The molecule has 0 atom stereocenters. The fourth-order valence-electron chi connectivity index (χ4n) is 3.07. The van der Waals surface area contributed by atoms with E-state index in [0.29, 0.717) is 40.2 Å². The molecule has 0 heterocycles. The number of hydrogen-bond donors (Lipinski definition) is 2. The van der Waals surface area contributed by atoms with Crippen molar-refractivity contribution >= 4 is 35.3 Å². The van der Waals surface area contributed by atoms with Gasteiger partial charge in [-0.25, -0.2) is 5.43 Å². The first kappa shape index (κ1) is 26.4. The average Bonchev–Trinajstić information content (AvgIpc) is 2.89. The van der Waals surface area contributed by atoms with Crippen LogP contribution < -0.4 is 29.7 Å². The fourth-order valence-corrected chi connectivity index (χ4v) is 3.26. The van der Waals surface area contributed by atoms with Crippen molar-refractivity contribution in [2.45, 2.75) is 13.5 Å². The van der Waals surface area contributed by atoms with E-state index in [9.17, 15) is 9.59 Å². The lowest BCUT2D eigenvalue weighted by Gasteiger charge is -2.13. The fraction of sp³-hybridized carbons (Fsp3) is 0.192. The minimum Gasteiger partial charge on any atom is -0.497 e. The zero-order valence-corrected chi connectivity index (χ0v) is 20.8. The van der Waals surface area contributed by atoms with Crippen molar-refractivity contribution in [3.63, 3.8) is 0 Å². The number of nitrogens with one attached hydrogen (secondary N) is 2. The van der Waals surface area contributed by atoms with Gasteiger partial charge >= 0.3 is 11.8 Å². The summed E-state index contributed by atoms with van der Waals surface area (Å²) < 4.78 is 21.9. The standard InChI is InChI=1S/C26H26ClN3O6/c1-4-35-24-13-17(9-11-23(24)36-16-18-7-5-6-8-20(18)27)15-28-30-26(32)25(31)29-21-14-19(33-2)10-12-22(21)34-3/h5-15H,4,16H2,1-3H3,(H,29,31)(H,30,32)/b28-15+. The van der Waals surface area contributed by atoms with Crippen molar-refractivity contribution in [3.05, 3.63) is 76.8 Å². The maximum Gasteiger partial charge on any atom is 0.329 e. The Kier molecular flexibility index (Phi) is 9.53. The molecule has 0 aliphatic rings. The Morgan fingerprint density at radius 3 is 2.42 bits per heavy atom. The summed E-state index contributed by atoms with van der Waals surface area (Å²) in [6, 6.07) is 17.4. The molecule has 9 nitrogen and oxygen atoms in total. The molecular formula is C26H26ClN3O6. The van der Waals surface area contributed by atoms with E-state index in [-0.39, 0.29) is 12.3 Å². The number of carbonyl (C=O) groups excluding carboxylic acids is 2. The molecule has 188 valence electrons.